The van der Waals surface area contributed by atoms with E-state index in [1.165, 1.54) is 0 Å². The molecule has 0 bridgehead atoms. The minimum atomic E-state index is -1.22. The van der Waals surface area contributed by atoms with E-state index in [-0.39, 0.29) is 12.0 Å². The van der Waals surface area contributed by atoms with Crippen LogP contribution in [0, 0.1) is 5.41 Å². The molecule has 0 unspecified atom stereocenters. The maximum atomic E-state index is 11.8. The van der Waals surface area contributed by atoms with Crippen LogP contribution in [0.5, 0.6) is 0 Å². The van der Waals surface area contributed by atoms with E-state index in [0.29, 0.717) is 18.7 Å². The average molecular weight is 266 g/mol. The summed E-state index contributed by atoms with van der Waals surface area (Å²) >= 11 is 0. The minimum absolute atomic E-state index is 0.115. The Morgan fingerprint density at radius 3 is 2.53 bits per heavy atom. The number of oxazole rings is 1. The molecule has 2 N–H and O–H groups in total. The Kier molecular flexibility index (Phi) is 3.12. The van der Waals surface area contributed by atoms with Crippen LogP contribution in [0.1, 0.15) is 45.3 Å². The Bertz CT molecular complexity index is 509. The van der Waals surface area contributed by atoms with E-state index in [0.717, 1.165) is 5.76 Å². The van der Waals surface area contributed by atoms with Crippen LogP contribution < -0.4 is 5.32 Å². The molecule has 0 aliphatic heterocycles. The third-order valence-electron chi connectivity index (χ3n) is 3.29. The zero-order valence-corrected chi connectivity index (χ0v) is 11.3. The fourth-order valence-electron chi connectivity index (χ4n) is 1.73. The second kappa shape index (κ2) is 4.36. The molecule has 0 spiro atoms. The fraction of sp³-hybridized carbons (Fsp3) is 0.615. The number of carboxylic acids is 1. The topological polar surface area (TPSA) is 92.4 Å². The first-order valence-electron chi connectivity index (χ1n) is 6.22. The lowest BCUT2D eigenvalue weighted by Crippen LogP contribution is -2.36. The van der Waals surface area contributed by atoms with E-state index in [1.807, 2.05) is 20.8 Å². The number of amides is 1. The van der Waals surface area contributed by atoms with Gasteiger partial charge in [-0.15, -0.1) is 0 Å². The van der Waals surface area contributed by atoms with Crippen LogP contribution in [0.2, 0.25) is 0 Å². The lowest BCUT2D eigenvalue weighted by Gasteiger charge is -2.13. The molecule has 104 valence electrons. The highest BCUT2D eigenvalue weighted by Gasteiger charge is 2.57. The molecule has 1 fully saturated rings. The second-order valence-corrected chi connectivity index (χ2v) is 5.94. The highest BCUT2D eigenvalue weighted by molar-refractivity contribution is 6.04. The van der Waals surface area contributed by atoms with Crippen molar-refractivity contribution >= 4 is 11.9 Å². The van der Waals surface area contributed by atoms with Gasteiger partial charge in [-0.3, -0.25) is 9.59 Å². The Morgan fingerprint density at radius 1 is 1.47 bits per heavy atom. The highest BCUT2D eigenvalue weighted by atomic mass is 16.4. The van der Waals surface area contributed by atoms with Crippen LogP contribution in [-0.2, 0) is 21.5 Å². The van der Waals surface area contributed by atoms with E-state index in [2.05, 4.69) is 10.3 Å². The summed E-state index contributed by atoms with van der Waals surface area (Å²) in [5.74, 6) is -0.404. The molecule has 1 aromatic heterocycles. The predicted octanol–water partition coefficient (Wildman–Crippen LogP) is 1.45. The molecule has 0 saturated heterocycles. The van der Waals surface area contributed by atoms with Gasteiger partial charge in [-0.2, -0.15) is 0 Å². The van der Waals surface area contributed by atoms with E-state index in [9.17, 15) is 9.59 Å². The largest absolute Gasteiger partial charge is 0.480 e. The molecule has 1 amide bonds. The van der Waals surface area contributed by atoms with Gasteiger partial charge in [0, 0.05) is 5.41 Å². The zero-order chi connectivity index (χ0) is 14.3. The van der Waals surface area contributed by atoms with Gasteiger partial charge in [-0.05, 0) is 12.8 Å². The molecular weight excluding hydrogens is 248 g/mol. The van der Waals surface area contributed by atoms with Gasteiger partial charge in [0.25, 0.3) is 0 Å². The lowest BCUT2D eigenvalue weighted by molar-refractivity contribution is -0.149. The highest BCUT2D eigenvalue weighted by Crippen LogP contribution is 2.46. The molecule has 1 saturated carbocycles. The minimum Gasteiger partial charge on any atom is -0.480 e. The van der Waals surface area contributed by atoms with Gasteiger partial charge in [0.1, 0.15) is 11.2 Å². The van der Waals surface area contributed by atoms with Gasteiger partial charge in [-0.25, -0.2) is 4.98 Å². The van der Waals surface area contributed by atoms with Crippen molar-refractivity contribution in [2.24, 2.45) is 5.41 Å². The fourth-order valence-corrected chi connectivity index (χ4v) is 1.73. The van der Waals surface area contributed by atoms with E-state index in [4.69, 9.17) is 9.52 Å². The quantitative estimate of drug-likeness (QED) is 0.805. The van der Waals surface area contributed by atoms with Crippen LogP contribution in [-0.4, -0.2) is 22.0 Å². The first-order valence-corrected chi connectivity index (χ1v) is 6.22. The van der Waals surface area contributed by atoms with Crippen molar-refractivity contribution < 1.29 is 19.1 Å². The van der Waals surface area contributed by atoms with Crippen LogP contribution in [0.3, 0.4) is 0 Å². The SMILES string of the molecule is CC(C)(C)c1cnc(CNC(=O)C2(C(=O)O)CC2)o1. The lowest BCUT2D eigenvalue weighted by atomic mass is 9.94. The molecule has 1 heterocycles. The molecular formula is C13H18N2O4. The van der Waals surface area contributed by atoms with Crippen LogP contribution in [0.4, 0.5) is 0 Å². The van der Waals surface area contributed by atoms with E-state index in [1.54, 1.807) is 6.20 Å². The summed E-state index contributed by atoms with van der Waals surface area (Å²) in [5.41, 5.74) is -1.37. The summed E-state index contributed by atoms with van der Waals surface area (Å²) in [4.78, 5) is 26.8. The first-order chi connectivity index (χ1) is 8.75. The average Bonchev–Trinajstić information content (AvgIpc) is 2.97. The van der Waals surface area contributed by atoms with Crippen molar-refractivity contribution in [3.63, 3.8) is 0 Å². The molecule has 0 atom stereocenters. The summed E-state index contributed by atoms with van der Waals surface area (Å²) in [7, 11) is 0. The maximum Gasteiger partial charge on any atom is 0.319 e. The van der Waals surface area contributed by atoms with Crippen LogP contribution >= 0.6 is 0 Å². The van der Waals surface area contributed by atoms with Crippen molar-refractivity contribution in [2.45, 2.75) is 45.6 Å². The molecule has 19 heavy (non-hydrogen) atoms. The molecule has 6 nitrogen and oxygen atoms in total. The monoisotopic (exact) mass is 266 g/mol. The normalized spacial score (nSPS) is 17.0. The number of aromatic nitrogens is 1. The standard InChI is InChI=1S/C13H18N2O4/c1-12(2,3)8-6-14-9(19-8)7-15-10(16)13(4-5-13)11(17)18/h6H,4-5,7H2,1-3H3,(H,15,16)(H,17,18). The van der Waals surface area contributed by atoms with Gasteiger partial charge < -0.3 is 14.8 Å². The number of carbonyl (C=O) groups excluding carboxylic acids is 1. The zero-order valence-electron chi connectivity index (χ0n) is 11.3. The van der Waals surface area contributed by atoms with Gasteiger partial charge in [0.05, 0.1) is 12.7 Å². The molecule has 0 radical (unpaired) electrons. The van der Waals surface area contributed by atoms with Gasteiger partial charge >= 0.3 is 5.97 Å². The van der Waals surface area contributed by atoms with E-state index < -0.39 is 17.3 Å². The molecule has 0 aromatic carbocycles. The number of rotatable bonds is 4. The third-order valence-corrected chi connectivity index (χ3v) is 3.29. The number of carboxylic acid groups (broad SMARTS) is 1. The summed E-state index contributed by atoms with van der Waals surface area (Å²) in [6, 6.07) is 0. The summed E-state index contributed by atoms with van der Waals surface area (Å²) in [6.07, 6.45) is 2.42. The Balaban J connectivity index is 1.95. The number of hydrogen-bond acceptors (Lipinski definition) is 4. The van der Waals surface area contributed by atoms with Gasteiger partial charge in [0.2, 0.25) is 11.8 Å². The smallest absolute Gasteiger partial charge is 0.319 e. The molecule has 1 aliphatic carbocycles. The summed E-state index contributed by atoms with van der Waals surface area (Å²) in [6.45, 7) is 6.11. The molecule has 2 rings (SSSR count). The summed E-state index contributed by atoms with van der Waals surface area (Å²) < 4.78 is 5.52. The number of hydrogen-bond donors (Lipinski definition) is 2. The third kappa shape index (κ3) is 2.62. The van der Waals surface area contributed by atoms with Crippen molar-refractivity contribution in [1.29, 1.82) is 0 Å². The Labute approximate surface area is 111 Å². The summed E-state index contributed by atoms with van der Waals surface area (Å²) in [5, 5.41) is 11.6. The van der Waals surface area contributed by atoms with Crippen molar-refractivity contribution in [3.05, 3.63) is 17.8 Å². The first kappa shape index (κ1) is 13.6. The molecule has 1 aromatic rings. The van der Waals surface area contributed by atoms with Crippen molar-refractivity contribution in [1.82, 2.24) is 10.3 Å². The van der Waals surface area contributed by atoms with Gasteiger partial charge in [0.15, 0.2) is 0 Å². The number of nitrogens with one attached hydrogen (secondary N) is 1. The number of aliphatic carboxylic acids is 1. The van der Waals surface area contributed by atoms with Crippen LogP contribution in [0.15, 0.2) is 10.6 Å². The Morgan fingerprint density at radius 2 is 2.11 bits per heavy atom. The maximum absolute atomic E-state index is 11.8. The van der Waals surface area contributed by atoms with Crippen LogP contribution in [0.25, 0.3) is 0 Å². The predicted molar refractivity (Wildman–Crippen MR) is 66.4 cm³/mol. The number of carbonyl (C=O) groups is 2. The second-order valence-electron chi connectivity index (χ2n) is 5.94. The van der Waals surface area contributed by atoms with E-state index >= 15 is 0 Å². The van der Waals surface area contributed by atoms with Crippen molar-refractivity contribution in [3.8, 4) is 0 Å². The number of nitrogens with zero attached hydrogens (tertiary/aromatic N) is 1. The van der Waals surface area contributed by atoms with Crippen molar-refractivity contribution in [2.75, 3.05) is 0 Å². The Hall–Kier alpha value is -1.85. The van der Waals surface area contributed by atoms with Gasteiger partial charge in [-0.1, -0.05) is 20.8 Å². The molecule has 6 heteroatoms. The molecule has 1 aliphatic rings.